The molecule has 0 saturated carbocycles. The van der Waals surface area contributed by atoms with Gasteiger partial charge in [0.05, 0.1) is 17.2 Å². The zero-order chi connectivity index (χ0) is 22.5. The first-order chi connectivity index (χ1) is 14.8. The highest BCUT2D eigenvalue weighted by atomic mass is 35.5. The van der Waals surface area contributed by atoms with Crippen molar-refractivity contribution in [1.82, 2.24) is 0 Å². The first-order valence-electron chi connectivity index (χ1n) is 9.40. The molecule has 6 nitrogen and oxygen atoms in total. The number of thiophene rings is 1. The maximum absolute atomic E-state index is 12.7. The van der Waals surface area contributed by atoms with Crippen LogP contribution in [-0.2, 0) is 9.53 Å². The molecule has 1 aromatic carbocycles. The Kier molecular flexibility index (Phi) is 6.95. The van der Waals surface area contributed by atoms with Crippen molar-refractivity contribution in [2.24, 2.45) is 0 Å². The molecule has 8 heteroatoms. The van der Waals surface area contributed by atoms with Gasteiger partial charge in [-0.1, -0.05) is 23.7 Å². The number of carbonyl (C=O) groups is 2. The summed E-state index contributed by atoms with van der Waals surface area (Å²) in [6, 6.07) is 12.4. The van der Waals surface area contributed by atoms with Gasteiger partial charge in [0, 0.05) is 16.5 Å². The van der Waals surface area contributed by atoms with Crippen LogP contribution in [0.3, 0.4) is 0 Å². The van der Waals surface area contributed by atoms with Gasteiger partial charge in [-0.2, -0.15) is 5.26 Å². The largest absolute Gasteiger partial charge is 0.462 e. The van der Waals surface area contributed by atoms with Crippen molar-refractivity contribution in [3.8, 4) is 17.4 Å². The summed E-state index contributed by atoms with van der Waals surface area (Å²) in [5.41, 5.74) is 1.57. The molecule has 1 amide bonds. The fraction of sp³-hybridized carbons (Fsp3) is 0.174. The SMILES string of the molecule is CCOC(=O)c1c(NC(=O)/C(C#N)=C/c2ccc(-c3ccccc3Cl)o2)sc(C)c1C. The Bertz CT molecular complexity index is 1220. The summed E-state index contributed by atoms with van der Waals surface area (Å²) in [7, 11) is 0. The summed E-state index contributed by atoms with van der Waals surface area (Å²) < 4.78 is 10.8. The summed E-state index contributed by atoms with van der Waals surface area (Å²) in [4.78, 5) is 25.9. The van der Waals surface area contributed by atoms with Crippen LogP contribution in [0.25, 0.3) is 17.4 Å². The average molecular weight is 455 g/mol. The molecule has 0 atom stereocenters. The lowest BCUT2D eigenvalue weighted by Crippen LogP contribution is -2.16. The summed E-state index contributed by atoms with van der Waals surface area (Å²) >= 11 is 7.44. The van der Waals surface area contributed by atoms with Gasteiger partial charge in [0.2, 0.25) is 0 Å². The Morgan fingerprint density at radius 3 is 2.68 bits per heavy atom. The number of anilines is 1. The van der Waals surface area contributed by atoms with E-state index in [1.54, 1.807) is 32.0 Å². The lowest BCUT2D eigenvalue weighted by molar-refractivity contribution is -0.112. The number of nitriles is 1. The van der Waals surface area contributed by atoms with Crippen LogP contribution >= 0.6 is 22.9 Å². The van der Waals surface area contributed by atoms with Crippen LogP contribution in [0.2, 0.25) is 5.02 Å². The van der Waals surface area contributed by atoms with Gasteiger partial charge in [-0.25, -0.2) is 4.79 Å². The lowest BCUT2D eigenvalue weighted by Gasteiger charge is -2.06. The first kappa shape index (κ1) is 22.3. The second-order valence-corrected chi connectivity index (χ2v) is 8.15. The lowest BCUT2D eigenvalue weighted by atomic mass is 10.1. The molecule has 2 aromatic heterocycles. The van der Waals surface area contributed by atoms with Crippen LogP contribution in [0.1, 0.15) is 33.5 Å². The molecule has 2 heterocycles. The van der Waals surface area contributed by atoms with Gasteiger partial charge in [0.25, 0.3) is 5.91 Å². The zero-order valence-electron chi connectivity index (χ0n) is 17.1. The van der Waals surface area contributed by atoms with E-state index < -0.39 is 11.9 Å². The van der Waals surface area contributed by atoms with E-state index in [0.717, 1.165) is 10.4 Å². The number of hydrogen-bond acceptors (Lipinski definition) is 6. The van der Waals surface area contributed by atoms with Crippen molar-refractivity contribution >= 4 is 45.9 Å². The minimum absolute atomic E-state index is 0.168. The van der Waals surface area contributed by atoms with Crippen LogP contribution < -0.4 is 5.32 Å². The third kappa shape index (κ3) is 4.88. The van der Waals surface area contributed by atoms with Crippen molar-refractivity contribution in [3.05, 3.63) is 68.8 Å². The quantitative estimate of drug-likeness (QED) is 0.280. The Hall–Kier alpha value is -3.34. The van der Waals surface area contributed by atoms with Gasteiger partial charge >= 0.3 is 5.97 Å². The second-order valence-electron chi connectivity index (χ2n) is 6.51. The fourth-order valence-electron chi connectivity index (χ4n) is 2.86. The number of furan rings is 1. The summed E-state index contributed by atoms with van der Waals surface area (Å²) in [5.74, 6) is -0.322. The molecule has 1 N–H and O–H groups in total. The highest BCUT2D eigenvalue weighted by Gasteiger charge is 2.23. The van der Waals surface area contributed by atoms with E-state index in [0.29, 0.717) is 32.7 Å². The number of nitrogens with zero attached hydrogens (tertiary/aromatic N) is 1. The van der Waals surface area contributed by atoms with Gasteiger partial charge in [-0.3, -0.25) is 4.79 Å². The van der Waals surface area contributed by atoms with Gasteiger partial charge < -0.3 is 14.5 Å². The van der Waals surface area contributed by atoms with E-state index in [-0.39, 0.29) is 12.2 Å². The number of esters is 1. The number of nitrogens with one attached hydrogen (secondary N) is 1. The highest BCUT2D eigenvalue weighted by molar-refractivity contribution is 7.16. The molecule has 158 valence electrons. The van der Waals surface area contributed by atoms with Crippen molar-refractivity contribution in [3.63, 3.8) is 0 Å². The molecule has 3 rings (SSSR count). The minimum Gasteiger partial charge on any atom is -0.462 e. The number of benzene rings is 1. The number of aryl methyl sites for hydroxylation is 1. The molecule has 0 saturated heterocycles. The third-order valence-corrected chi connectivity index (χ3v) is 5.96. The summed E-state index contributed by atoms with van der Waals surface area (Å²) in [5, 5.41) is 13.0. The summed E-state index contributed by atoms with van der Waals surface area (Å²) in [6.07, 6.45) is 1.34. The molecule has 0 radical (unpaired) electrons. The smallest absolute Gasteiger partial charge is 0.341 e. The van der Waals surface area contributed by atoms with E-state index >= 15 is 0 Å². The first-order valence-corrected chi connectivity index (χ1v) is 10.6. The predicted molar refractivity (Wildman–Crippen MR) is 121 cm³/mol. The number of amides is 1. The molecule has 0 spiro atoms. The average Bonchev–Trinajstić information content (AvgIpc) is 3.31. The molecule has 0 unspecified atom stereocenters. The minimum atomic E-state index is -0.648. The topological polar surface area (TPSA) is 92.3 Å². The number of ether oxygens (including phenoxy) is 1. The standard InChI is InChI=1S/C23H19ClN2O4S/c1-4-29-23(28)20-13(2)14(3)31-22(20)26-21(27)15(12-25)11-16-9-10-19(30-16)17-7-5-6-8-18(17)24/h5-11H,4H2,1-3H3,(H,26,27)/b15-11+. The van der Waals surface area contributed by atoms with Crippen molar-refractivity contribution in [2.45, 2.75) is 20.8 Å². The maximum Gasteiger partial charge on any atom is 0.341 e. The van der Waals surface area contributed by atoms with E-state index in [1.807, 2.05) is 31.2 Å². The van der Waals surface area contributed by atoms with Gasteiger partial charge in [-0.05, 0) is 50.6 Å². The zero-order valence-corrected chi connectivity index (χ0v) is 18.7. The Balaban J connectivity index is 1.86. The molecule has 0 fully saturated rings. The van der Waals surface area contributed by atoms with Crippen LogP contribution in [0.5, 0.6) is 0 Å². The van der Waals surface area contributed by atoms with Crippen molar-refractivity contribution in [2.75, 3.05) is 11.9 Å². The van der Waals surface area contributed by atoms with E-state index in [9.17, 15) is 14.9 Å². The van der Waals surface area contributed by atoms with Crippen LogP contribution in [-0.4, -0.2) is 18.5 Å². The Morgan fingerprint density at radius 2 is 2.00 bits per heavy atom. The number of hydrogen-bond donors (Lipinski definition) is 1. The third-order valence-electron chi connectivity index (χ3n) is 4.51. The molecule has 0 aliphatic heterocycles. The maximum atomic E-state index is 12.7. The Labute approximate surface area is 188 Å². The van der Waals surface area contributed by atoms with Gasteiger partial charge in [-0.15, -0.1) is 11.3 Å². The molecular weight excluding hydrogens is 436 g/mol. The van der Waals surface area contributed by atoms with Crippen LogP contribution in [0.4, 0.5) is 5.00 Å². The molecular formula is C23H19ClN2O4S. The number of carbonyl (C=O) groups excluding carboxylic acids is 2. The van der Waals surface area contributed by atoms with E-state index in [4.69, 9.17) is 20.8 Å². The molecule has 0 bridgehead atoms. The monoisotopic (exact) mass is 454 g/mol. The molecule has 0 aliphatic rings. The highest BCUT2D eigenvalue weighted by Crippen LogP contribution is 2.34. The number of halogens is 1. The van der Waals surface area contributed by atoms with E-state index in [2.05, 4.69) is 5.32 Å². The van der Waals surface area contributed by atoms with E-state index in [1.165, 1.54) is 17.4 Å². The van der Waals surface area contributed by atoms with Gasteiger partial charge in [0.1, 0.15) is 28.2 Å². The van der Waals surface area contributed by atoms with Crippen molar-refractivity contribution < 1.29 is 18.7 Å². The molecule has 31 heavy (non-hydrogen) atoms. The van der Waals surface area contributed by atoms with Crippen LogP contribution in [0, 0.1) is 25.2 Å². The second kappa shape index (κ2) is 9.65. The number of rotatable bonds is 6. The Morgan fingerprint density at radius 1 is 1.26 bits per heavy atom. The predicted octanol–water partition coefficient (Wildman–Crippen LogP) is 6.00. The van der Waals surface area contributed by atoms with Gasteiger partial charge in [0.15, 0.2) is 0 Å². The molecule has 3 aromatic rings. The van der Waals surface area contributed by atoms with Crippen LogP contribution in [0.15, 0.2) is 46.4 Å². The fourth-order valence-corrected chi connectivity index (χ4v) is 4.13. The molecule has 0 aliphatic carbocycles. The van der Waals surface area contributed by atoms with Crippen molar-refractivity contribution in [1.29, 1.82) is 5.26 Å². The summed E-state index contributed by atoms with van der Waals surface area (Å²) in [6.45, 7) is 5.56. The normalized spacial score (nSPS) is 11.1.